The van der Waals surface area contributed by atoms with Gasteiger partial charge in [-0.3, -0.25) is 10.1 Å². The van der Waals surface area contributed by atoms with Crippen molar-refractivity contribution in [3.63, 3.8) is 0 Å². The molecule has 0 radical (unpaired) electrons. The largest absolute Gasteiger partial charge is 0.489 e. The van der Waals surface area contributed by atoms with E-state index in [2.05, 4.69) is 33.4 Å². The summed E-state index contributed by atoms with van der Waals surface area (Å²) in [5.74, 6) is 0.802. The Bertz CT molecular complexity index is 1110. The van der Waals surface area contributed by atoms with Crippen LogP contribution in [0, 0.1) is 13.8 Å². The highest BCUT2D eigenvalue weighted by Gasteiger charge is 2.12. The van der Waals surface area contributed by atoms with Crippen molar-refractivity contribution < 1.29 is 4.74 Å². The first-order valence-electron chi connectivity index (χ1n) is 9.63. The van der Waals surface area contributed by atoms with Crippen LogP contribution >= 0.6 is 0 Å². The van der Waals surface area contributed by atoms with Gasteiger partial charge in [0.05, 0.1) is 5.69 Å². The number of hydrogen-bond donors (Lipinski definition) is 2. The van der Waals surface area contributed by atoms with Crippen LogP contribution in [-0.4, -0.2) is 15.2 Å². The number of pyridine rings is 1. The summed E-state index contributed by atoms with van der Waals surface area (Å²) in [7, 11) is 0. The average Bonchev–Trinajstić information content (AvgIpc) is 3.22. The van der Waals surface area contributed by atoms with Gasteiger partial charge in [-0.1, -0.05) is 36.4 Å². The summed E-state index contributed by atoms with van der Waals surface area (Å²) < 4.78 is 6.03. The summed E-state index contributed by atoms with van der Waals surface area (Å²) in [6.45, 7) is 5.03. The fourth-order valence-corrected chi connectivity index (χ4v) is 3.47. The van der Waals surface area contributed by atoms with Crippen molar-refractivity contribution in [2.45, 2.75) is 27.0 Å². The van der Waals surface area contributed by atoms with Gasteiger partial charge in [-0.15, -0.1) is 0 Å². The Morgan fingerprint density at radius 3 is 2.45 bits per heavy atom. The van der Waals surface area contributed by atoms with Gasteiger partial charge in [-0.25, -0.2) is 0 Å². The number of nitrogens with two attached hydrogens (primary N) is 1. The first-order chi connectivity index (χ1) is 14.1. The molecule has 0 amide bonds. The van der Waals surface area contributed by atoms with Gasteiger partial charge >= 0.3 is 0 Å². The molecule has 0 spiro atoms. The number of nitrogens with one attached hydrogen (secondary N) is 1. The van der Waals surface area contributed by atoms with Crippen LogP contribution in [0.1, 0.15) is 22.5 Å². The standard InChI is InChI=1S/C24H24N4O/c1-16-9-21(10-17(2)27-16)23-14-26-28-24(23)20-7-4-8-22(12-20)29-15-19-6-3-5-18(11-19)13-25/h3-12,14H,13,15,25H2,1-2H3,(H,26,28). The third-order valence-electron chi connectivity index (χ3n) is 4.77. The molecule has 5 heteroatoms. The van der Waals surface area contributed by atoms with Crippen molar-refractivity contribution in [1.29, 1.82) is 0 Å². The van der Waals surface area contributed by atoms with Crippen LogP contribution < -0.4 is 10.5 Å². The molecule has 5 nitrogen and oxygen atoms in total. The van der Waals surface area contributed by atoms with E-state index in [1.807, 2.05) is 62.5 Å². The van der Waals surface area contributed by atoms with Gasteiger partial charge in [0, 0.05) is 35.3 Å². The zero-order valence-electron chi connectivity index (χ0n) is 16.6. The minimum absolute atomic E-state index is 0.494. The first-order valence-corrected chi connectivity index (χ1v) is 9.63. The molecule has 2 heterocycles. The highest BCUT2D eigenvalue weighted by atomic mass is 16.5. The molecule has 0 aliphatic carbocycles. The molecule has 0 aliphatic rings. The van der Waals surface area contributed by atoms with E-state index in [-0.39, 0.29) is 0 Å². The average molecular weight is 384 g/mol. The molecular weight excluding hydrogens is 360 g/mol. The van der Waals surface area contributed by atoms with Crippen molar-refractivity contribution in [3.05, 3.63) is 89.4 Å². The molecule has 2 aromatic heterocycles. The summed E-state index contributed by atoms with van der Waals surface area (Å²) in [5.41, 5.74) is 13.9. The van der Waals surface area contributed by atoms with Crippen molar-refractivity contribution >= 4 is 0 Å². The van der Waals surface area contributed by atoms with E-state index < -0.39 is 0 Å². The number of benzene rings is 2. The van der Waals surface area contributed by atoms with Crippen molar-refractivity contribution in [2.75, 3.05) is 0 Å². The lowest BCUT2D eigenvalue weighted by molar-refractivity contribution is 0.306. The zero-order valence-corrected chi connectivity index (χ0v) is 16.6. The number of aromatic nitrogens is 3. The second-order valence-electron chi connectivity index (χ2n) is 7.13. The van der Waals surface area contributed by atoms with Crippen LogP contribution in [0.15, 0.2) is 66.9 Å². The number of rotatable bonds is 6. The maximum Gasteiger partial charge on any atom is 0.120 e. The van der Waals surface area contributed by atoms with Gasteiger partial charge < -0.3 is 10.5 Å². The lowest BCUT2D eigenvalue weighted by Gasteiger charge is -2.10. The molecule has 0 atom stereocenters. The molecule has 2 aromatic carbocycles. The number of aryl methyl sites for hydroxylation is 2. The SMILES string of the molecule is Cc1cc(-c2c[nH]nc2-c2cccc(OCc3cccc(CN)c3)c2)cc(C)n1. The third kappa shape index (κ3) is 4.36. The predicted molar refractivity (Wildman–Crippen MR) is 115 cm³/mol. The second-order valence-corrected chi connectivity index (χ2v) is 7.13. The first kappa shape index (κ1) is 18.9. The van der Waals surface area contributed by atoms with Gasteiger partial charge in [0.15, 0.2) is 0 Å². The molecule has 0 unspecified atom stereocenters. The lowest BCUT2D eigenvalue weighted by atomic mass is 10.0. The highest BCUT2D eigenvalue weighted by molar-refractivity contribution is 5.81. The molecule has 29 heavy (non-hydrogen) atoms. The molecule has 0 aliphatic heterocycles. The van der Waals surface area contributed by atoms with Gasteiger partial charge in [0.25, 0.3) is 0 Å². The minimum Gasteiger partial charge on any atom is -0.489 e. The van der Waals surface area contributed by atoms with Crippen LogP contribution in [-0.2, 0) is 13.2 Å². The number of H-pyrrole nitrogens is 1. The molecule has 4 aromatic rings. The summed E-state index contributed by atoms with van der Waals surface area (Å²) in [6.07, 6.45) is 1.93. The zero-order chi connectivity index (χ0) is 20.2. The van der Waals surface area contributed by atoms with E-state index >= 15 is 0 Å². The van der Waals surface area contributed by atoms with Crippen LogP contribution in [0.4, 0.5) is 0 Å². The summed E-state index contributed by atoms with van der Waals surface area (Å²) in [6, 6.07) is 20.3. The Hall–Kier alpha value is -3.44. The number of ether oxygens (including phenoxy) is 1. The summed E-state index contributed by atoms with van der Waals surface area (Å²) in [5, 5.41) is 7.49. The molecule has 146 valence electrons. The predicted octanol–water partition coefficient (Wildman–Crippen LogP) is 4.79. The molecule has 0 saturated heterocycles. The summed E-state index contributed by atoms with van der Waals surface area (Å²) in [4.78, 5) is 4.47. The maximum atomic E-state index is 6.03. The van der Waals surface area contributed by atoms with E-state index in [1.165, 1.54) is 0 Å². The van der Waals surface area contributed by atoms with Gasteiger partial charge in [-0.2, -0.15) is 5.10 Å². The molecule has 0 fully saturated rings. The van der Waals surface area contributed by atoms with Gasteiger partial charge in [-0.05, 0) is 54.8 Å². The van der Waals surface area contributed by atoms with Crippen LogP contribution in [0.25, 0.3) is 22.4 Å². The van der Waals surface area contributed by atoms with Crippen LogP contribution in [0.3, 0.4) is 0 Å². The fourth-order valence-electron chi connectivity index (χ4n) is 3.47. The third-order valence-corrected chi connectivity index (χ3v) is 4.77. The van der Waals surface area contributed by atoms with Crippen molar-refractivity contribution in [3.8, 4) is 28.1 Å². The van der Waals surface area contributed by atoms with Gasteiger partial charge in [0.1, 0.15) is 12.4 Å². The number of hydrogen-bond acceptors (Lipinski definition) is 4. The van der Waals surface area contributed by atoms with E-state index in [9.17, 15) is 0 Å². The second kappa shape index (κ2) is 8.29. The van der Waals surface area contributed by atoms with E-state index in [4.69, 9.17) is 10.5 Å². The maximum absolute atomic E-state index is 6.03. The number of aromatic amines is 1. The number of nitrogens with zero attached hydrogens (tertiary/aromatic N) is 2. The topological polar surface area (TPSA) is 76.8 Å². The lowest BCUT2D eigenvalue weighted by Crippen LogP contribution is -2.00. The smallest absolute Gasteiger partial charge is 0.120 e. The Balaban J connectivity index is 1.59. The quantitative estimate of drug-likeness (QED) is 0.501. The Kier molecular flexibility index (Phi) is 5.40. The molecular formula is C24H24N4O. The summed E-state index contributed by atoms with van der Waals surface area (Å²) >= 11 is 0. The molecule has 0 bridgehead atoms. The van der Waals surface area contributed by atoms with E-state index in [0.717, 1.165) is 50.6 Å². The molecule has 0 saturated carbocycles. The molecule has 4 rings (SSSR count). The van der Waals surface area contributed by atoms with Gasteiger partial charge in [0.2, 0.25) is 0 Å². The van der Waals surface area contributed by atoms with E-state index in [1.54, 1.807) is 0 Å². The van der Waals surface area contributed by atoms with Crippen molar-refractivity contribution in [1.82, 2.24) is 15.2 Å². The van der Waals surface area contributed by atoms with E-state index in [0.29, 0.717) is 13.2 Å². The Morgan fingerprint density at radius 2 is 1.66 bits per heavy atom. The fraction of sp³-hybridized carbons (Fsp3) is 0.167. The molecule has 3 N–H and O–H groups in total. The Labute approximate surface area is 170 Å². The van der Waals surface area contributed by atoms with Crippen molar-refractivity contribution in [2.24, 2.45) is 5.73 Å². The monoisotopic (exact) mass is 384 g/mol. The Morgan fingerprint density at radius 1 is 0.897 bits per heavy atom. The minimum atomic E-state index is 0.494. The normalized spacial score (nSPS) is 10.9. The van der Waals surface area contributed by atoms with Crippen LogP contribution in [0.5, 0.6) is 5.75 Å². The van der Waals surface area contributed by atoms with Crippen LogP contribution in [0.2, 0.25) is 0 Å². The highest BCUT2D eigenvalue weighted by Crippen LogP contribution is 2.32.